The SMILES string of the molecule is CCN(CC1CCCO1)S(=O)(=O)c1cc(CO)ccc1F. The third-order valence-corrected chi connectivity index (χ3v) is 5.54. The number of sulfonamides is 1. The van der Waals surface area contributed by atoms with Gasteiger partial charge in [-0.2, -0.15) is 4.31 Å². The maximum Gasteiger partial charge on any atom is 0.246 e. The van der Waals surface area contributed by atoms with E-state index in [0.717, 1.165) is 18.9 Å². The molecule has 1 aliphatic heterocycles. The van der Waals surface area contributed by atoms with E-state index in [1.807, 2.05) is 0 Å². The van der Waals surface area contributed by atoms with E-state index in [2.05, 4.69) is 0 Å². The van der Waals surface area contributed by atoms with Gasteiger partial charge in [-0.3, -0.25) is 0 Å². The third kappa shape index (κ3) is 3.60. The molecule has 1 unspecified atom stereocenters. The van der Waals surface area contributed by atoms with E-state index in [-0.39, 0.29) is 25.8 Å². The highest BCUT2D eigenvalue weighted by atomic mass is 32.2. The van der Waals surface area contributed by atoms with E-state index < -0.39 is 20.7 Å². The minimum Gasteiger partial charge on any atom is -0.392 e. The zero-order valence-electron chi connectivity index (χ0n) is 12.0. The molecule has 5 nitrogen and oxygen atoms in total. The van der Waals surface area contributed by atoms with Gasteiger partial charge in [-0.15, -0.1) is 0 Å². The van der Waals surface area contributed by atoms with Gasteiger partial charge in [-0.25, -0.2) is 12.8 Å². The van der Waals surface area contributed by atoms with Crippen molar-refractivity contribution in [3.05, 3.63) is 29.6 Å². The molecule has 1 atom stereocenters. The van der Waals surface area contributed by atoms with Crippen LogP contribution >= 0.6 is 0 Å². The van der Waals surface area contributed by atoms with Crippen molar-refractivity contribution in [2.45, 2.75) is 37.4 Å². The topological polar surface area (TPSA) is 66.8 Å². The Balaban J connectivity index is 2.29. The van der Waals surface area contributed by atoms with Crippen LogP contribution in [0.25, 0.3) is 0 Å². The number of hydrogen-bond donors (Lipinski definition) is 1. The van der Waals surface area contributed by atoms with Crippen molar-refractivity contribution in [2.75, 3.05) is 19.7 Å². The summed E-state index contributed by atoms with van der Waals surface area (Å²) in [5, 5.41) is 9.09. The molecule has 0 aliphatic carbocycles. The Morgan fingerprint density at radius 2 is 2.24 bits per heavy atom. The maximum absolute atomic E-state index is 13.9. The number of halogens is 1. The second-order valence-electron chi connectivity index (χ2n) is 5.01. The van der Waals surface area contributed by atoms with E-state index >= 15 is 0 Å². The Labute approximate surface area is 124 Å². The Kier molecular flexibility index (Phi) is 5.32. The van der Waals surface area contributed by atoms with Crippen LogP contribution in [0.3, 0.4) is 0 Å². The lowest BCUT2D eigenvalue weighted by molar-refractivity contribution is 0.0946. The van der Waals surface area contributed by atoms with Crippen molar-refractivity contribution < 1.29 is 22.7 Å². The summed E-state index contributed by atoms with van der Waals surface area (Å²) in [5.41, 5.74) is 0.364. The van der Waals surface area contributed by atoms with Crippen LogP contribution in [0, 0.1) is 5.82 Å². The minimum absolute atomic E-state index is 0.135. The molecule has 118 valence electrons. The molecule has 1 aliphatic rings. The summed E-state index contributed by atoms with van der Waals surface area (Å²) >= 11 is 0. The first-order valence-electron chi connectivity index (χ1n) is 7.00. The molecule has 0 radical (unpaired) electrons. The number of ether oxygens (including phenoxy) is 1. The predicted molar refractivity (Wildman–Crippen MR) is 75.7 cm³/mol. The second-order valence-corrected chi connectivity index (χ2v) is 6.92. The summed E-state index contributed by atoms with van der Waals surface area (Å²) in [6.07, 6.45) is 1.59. The molecule has 1 fully saturated rings. The molecule has 0 bridgehead atoms. The van der Waals surface area contributed by atoms with Gasteiger partial charge >= 0.3 is 0 Å². The van der Waals surface area contributed by atoms with Crippen LogP contribution in [0.1, 0.15) is 25.3 Å². The monoisotopic (exact) mass is 317 g/mol. The average molecular weight is 317 g/mol. The Bertz CT molecular complexity index is 585. The van der Waals surface area contributed by atoms with Crippen LogP contribution in [0.2, 0.25) is 0 Å². The zero-order chi connectivity index (χ0) is 15.5. The Morgan fingerprint density at radius 3 is 2.81 bits per heavy atom. The lowest BCUT2D eigenvalue weighted by Gasteiger charge is -2.23. The number of rotatable bonds is 6. The Hall–Kier alpha value is -1.02. The molecule has 1 aromatic carbocycles. The normalized spacial score (nSPS) is 19.3. The van der Waals surface area contributed by atoms with Gasteiger partial charge in [0.15, 0.2) is 0 Å². The summed E-state index contributed by atoms with van der Waals surface area (Å²) in [6.45, 7) is 2.48. The van der Waals surface area contributed by atoms with Gasteiger partial charge < -0.3 is 9.84 Å². The lowest BCUT2D eigenvalue weighted by atomic mass is 10.2. The molecule has 2 rings (SSSR count). The quantitative estimate of drug-likeness (QED) is 0.863. The molecule has 0 spiro atoms. The molecule has 0 amide bonds. The van der Waals surface area contributed by atoms with Crippen molar-refractivity contribution in [3.8, 4) is 0 Å². The number of aliphatic hydroxyl groups excluding tert-OH is 1. The summed E-state index contributed by atoms with van der Waals surface area (Å²) in [5.74, 6) is -0.807. The van der Waals surface area contributed by atoms with Crippen molar-refractivity contribution in [3.63, 3.8) is 0 Å². The van der Waals surface area contributed by atoms with Gasteiger partial charge in [0.1, 0.15) is 10.7 Å². The van der Waals surface area contributed by atoms with Gasteiger partial charge in [0.25, 0.3) is 0 Å². The lowest BCUT2D eigenvalue weighted by Crippen LogP contribution is -2.37. The average Bonchev–Trinajstić information content (AvgIpc) is 2.98. The highest BCUT2D eigenvalue weighted by molar-refractivity contribution is 7.89. The van der Waals surface area contributed by atoms with Crippen LogP contribution in [0.15, 0.2) is 23.1 Å². The van der Waals surface area contributed by atoms with Crippen molar-refractivity contribution >= 4 is 10.0 Å². The zero-order valence-corrected chi connectivity index (χ0v) is 12.8. The summed E-state index contributed by atoms with van der Waals surface area (Å²) in [7, 11) is -3.93. The van der Waals surface area contributed by atoms with Crippen LogP contribution in [-0.4, -0.2) is 43.6 Å². The number of aliphatic hydroxyl groups is 1. The molecule has 0 aromatic heterocycles. The van der Waals surface area contributed by atoms with Crippen LogP contribution in [0.4, 0.5) is 4.39 Å². The molecular weight excluding hydrogens is 297 g/mol. The number of hydrogen-bond acceptors (Lipinski definition) is 4. The molecule has 1 aromatic rings. The third-order valence-electron chi connectivity index (χ3n) is 3.58. The Morgan fingerprint density at radius 1 is 1.48 bits per heavy atom. The smallest absolute Gasteiger partial charge is 0.246 e. The number of nitrogens with zero attached hydrogens (tertiary/aromatic N) is 1. The maximum atomic E-state index is 13.9. The molecule has 21 heavy (non-hydrogen) atoms. The second kappa shape index (κ2) is 6.83. The van der Waals surface area contributed by atoms with E-state index in [1.165, 1.54) is 16.4 Å². The van der Waals surface area contributed by atoms with E-state index in [1.54, 1.807) is 6.92 Å². The van der Waals surface area contributed by atoms with Crippen molar-refractivity contribution in [1.82, 2.24) is 4.31 Å². The predicted octanol–water partition coefficient (Wildman–Crippen LogP) is 1.51. The number of benzene rings is 1. The van der Waals surface area contributed by atoms with Crippen LogP contribution in [0.5, 0.6) is 0 Å². The fraction of sp³-hybridized carbons (Fsp3) is 0.571. The summed E-state index contributed by atoms with van der Waals surface area (Å²) in [6, 6.07) is 3.62. The molecule has 1 saturated heterocycles. The van der Waals surface area contributed by atoms with E-state index in [9.17, 15) is 12.8 Å². The summed E-state index contributed by atoms with van der Waals surface area (Å²) in [4.78, 5) is -0.395. The highest BCUT2D eigenvalue weighted by Gasteiger charge is 2.30. The van der Waals surface area contributed by atoms with Crippen LogP contribution < -0.4 is 0 Å². The first kappa shape index (κ1) is 16.4. The molecular formula is C14H20FNO4S. The van der Waals surface area contributed by atoms with Gasteiger partial charge in [0, 0.05) is 19.7 Å². The fourth-order valence-electron chi connectivity index (χ4n) is 2.40. The van der Waals surface area contributed by atoms with Gasteiger partial charge in [-0.1, -0.05) is 13.0 Å². The minimum atomic E-state index is -3.93. The van der Waals surface area contributed by atoms with E-state index in [0.29, 0.717) is 12.2 Å². The first-order valence-corrected chi connectivity index (χ1v) is 8.44. The van der Waals surface area contributed by atoms with Gasteiger partial charge in [0.2, 0.25) is 10.0 Å². The van der Waals surface area contributed by atoms with Gasteiger partial charge in [0.05, 0.1) is 12.7 Å². The highest BCUT2D eigenvalue weighted by Crippen LogP contribution is 2.23. The molecule has 1 heterocycles. The number of likely N-dealkylation sites (N-methyl/N-ethyl adjacent to an activating group) is 1. The van der Waals surface area contributed by atoms with Crippen molar-refractivity contribution in [1.29, 1.82) is 0 Å². The largest absolute Gasteiger partial charge is 0.392 e. The first-order chi connectivity index (χ1) is 9.98. The van der Waals surface area contributed by atoms with E-state index in [4.69, 9.17) is 9.84 Å². The molecule has 1 N–H and O–H groups in total. The molecule has 0 saturated carbocycles. The van der Waals surface area contributed by atoms with Gasteiger partial charge in [-0.05, 0) is 30.5 Å². The molecule has 7 heteroatoms. The standard InChI is InChI=1S/C14H20FNO4S/c1-2-16(9-12-4-3-7-20-12)21(18,19)14-8-11(10-17)5-6-13(14)15/h5-6,8,12,17H,2-4,7,9-10H2,1H3. The summed E-state index contributed by atoms with van der Waals surface area (Å²) < 4.78 is 45.7. The fourth-order valence-corrected chi connectivity index (χ4v) is 3.99. The van der Waals surface area contributed by atoms with Crippen LogP contribution in [-0.2, 0) is 21.4 Å². The van der Waals surface area contributed by atoms with Crippen molar-refractivity contribution in [2.24, 2.45) is 0 Å².